The van der Waals surface area contributed by atoms with Gasteiger partial charge in [0.05, 0.1) is 0 Å². The van der Waals surface area contributed by atoms with E-state index in [1.807, 2.05) is 13.8 Å². The molecule has 0 saturated carbocycles. The molecule has 0 bridgehead atoms. The van der Waals surface area contributed by atoms with Crippen molar-refractivity contribution in [1.29, 1.82) is 0 Å². The maximum absolute atomic E-state index is 8.48. The number of nitrogens with zero attached hydrogens (tertiary/aromatic N) is 1. The predicted molar refractivity (Wildman–Crippen MR) is 32.1 cm³/mol. The topological polar surface area (TPSA) is 35.5 Å². The van der Waals surface area contributed by atoms with Gasteiger partial charge in [0.25, 0.3) is 0 Å². The standard InChI is InChI=1S/C5H12N2O/c1-5(2)4-6-7(3)8/h4,6,8H,1-3H3. The average molecular weight is 116 g/mol. The maximum Gasteiger partial charge on any atom is 0.0336 e. The van der Waals surface area contributed by atoms with Crippen molar-refractivity contribution in [3.8, 4) is 0 Å². The summed E-state index contributed by atoms with van der Waals surface area (Å²) in [7, 11) is 1.51. The van der Waals surface area contributed by atoms with Crippen LogP contribution in [0, 0.1) is 0 Å². The van der Waals surface area contributed by atoms with Crippen LogP contribution in [0.25, 0.3) is 0 Å². The van der Waals surface area contributed by atoms with Gasteiger partial charge in [0.1, 0.15) is 0 Å². The Kier molecular flexibility index (Phi) is 3.23. The highest BCUT2D eigenvalue weighted by molar-refractivity contribution is 4.89. The second-order valence-electron chi connectivity index (χ2n) is 1.87. The summed E-state index contributed by atoms with van der Waals surface area (Å²) in [5, 5.41) is 9.37. The summed E-state index contributed by atoms with van der Waals surface area (Å²) in [6.07, 6.45) is 1.71. The van der Waals surface area contributed by atoms with Gasteiger partial charge >= 0.3 is 0 Å². The lowest BCUT2D eigenvalue weighted by Gasteiger charge is -2.05. The Hall–Kier alpha value is -0.540. The Bertz CT molecular complexity index is 84.4. The third kappa shape index (κ3) is 5.46. The Morgan fingerprint density at radius 2 is 2.12 bits per heavy atom. The van der Waals surface area contributed by atoms with E-state index in [9.17, 15) is 0 Å². The normalized spacial score (nSPS) is 9.12. The molecule has 0 radical (unpaired) electrons. The molecule has 0 heterocycles. The Morgan fingerprint density at radius 3 is 2.25 bits per heavy atom. The van der Waals surface area contributed by atoms with Gasteiger partial charge in [-0.05, 0) is 13.8 Å². The van der Waals surface area contributed by atoms with Crippen LogP contribution in [0.5, 0.6) is 0 Å². The van der Waals surface area contributed by atoms with E-state index in [1.54, 1.807) is 6.20 Å². The summed E-state index contributed by atoms with van der Waals surface area (Å²) >= 11 is 0. The van der Waals surface area contributed by atoms with Crippen molar-refractivity contribution in [1.82, 2.24) is 10.6 Å². The van der Waals surface area contributed by atoms with E-state index in [0.717, 1.165) is 10.7 Å². The predicted octanol–water partition coefficient (Wildman–Crippen LogP) is 0.736. The minimum absolute atomic E-state index is 0.896. The SMILES string of the molecule is CC(C)=CNN(C)O. The van der Waals surface area contributed by atoms with Crippen LogP contribution in [0.2, 0.25) is 0 Å². The van der Waals surface area contributed by atoms with E-state index in [4.69, 9.17) is 5.21 Å². The van der Waals surface area contributed by atoms with E-state index in [2.05, 4.69) is 5.43 Å². The van der Waals surface area contributed by atoms with Crippen LogP contribution < -0.4 is 5.43 Å². The van der Waals surface area contributed by atoms with E-state index in [0.29, 0.717) is 0 Å². The van der Waals surface area contributed by atoms with Crippen LogP contribution in [0.15, 0.2) is 11.8 Å². The average Bonchev–Trinajstić information content (AvgIpc) is 1.61. The molecule has 2 N–H and O–H groups in total. The highest BCUT2D eigenvalue weighted by Gasteiger charge is 1.79. The quantitative estimate of drug-likeness (QED) is 0.522. The van der Waals surface area contributed by atoms with Crippen molar-refractivity contribution >= 4 is 0 Å². The first kappa shape index (κ1) is 7.46. The first-order chi connectivity index (χ1) is 3.63. The highest BCUT2D eigenvalue weighted by atomic mass is 16.5. The molecular formula is C5H12N2O. The summed E-state index contributed by atoms with van der Waals surface area (Å²) < 4.78 is 0. The molecule has 0 unspecified atom stereocenters. The third-order valence-electron chi connectivity index (χ3n) is 0.540. The van der Waals surface area contributed by atoms with Gasteiger partial charge in [-0.2, -0.15) is 0 Å². The van der Waals surface area contributed by atoms with Crippen molar-refractivity contribution in [3.05, 3.63) is 11.8 Å². The lowest BCUT2D eigenvalue weighted by molar-refractivity contribution is -0.0986. The number of rotatable bonds is 2. The van der Waals surface area contributed by atoms with Gasteiger partial charge in [0.15, 0.2) is 0 Å². The summed E-state index contributed by atoms with van der Waals surface area (Å²) in [4.78, 5) is 0. The number of hydrogen-bond donors (Lipinski definition) is 2. The third-order valence-corrected chi connectivity index (χ3v) is 0.540. The molecule has 3 nitrogen and oxygen atoms in total. The molecule has 0 saturated heterocycles. The molecule has 0 aromatic rings. The van der Waals surface area contributed by atoms with Crippen LogP contribution in [0.1, 0.15) is 13.8 Å². The molecule has 0 aliphatic carbocycles. The minimum atomic E-state index is 0.896. The molecule has 0 amide bonds. The molecule has 0 fully saturated rings. The molecule has 0 rings (SSSR count). The van der Waals surface area contributed by atoms with Gasteiger partial charge < -0.3 is 5.43 Å². The lowest BCUT2D eigenvalue weighted by atomic mass is 10.4. The van der Waals surface area contributed by atoms with Gasteiger partial charge in [0.2, 0.25) is 0 Å². The molecule has 3 heteroatoms. The molecule has 0 aliphatic rings. The number of allylic oxidation sites excluding steroid dienone is 1. The molecule has 8 heavy (non-hydrogen) atoms. The molecule has 0 spiro atoms. The van der Waals surface area contributed by atoms with Gasteiger partial charge in [-0.1, -0.05) is 5.57 Å². The maximum atomic E-state index is 8.48. The second kappa shape index (κ2) is 3.46. The zero-order valence-electron chi connectivity index (χ0n) is 5.47. The van der Waals surface area contributed by atoms with Crippen molar-refractivity contribution in [2.24, 2.45) is 0 Å². The molecule has 0 atom stereocenters. The number of hydroxylamine groups is 1. The van der Waals surface area contributed by atoms with Gasteiger partial charge in [0, 0.05) is 13.2 Å². The number of nitrogens with one attached hydrogen (secondary N) is 1. The van der Waals surface area contributed by atoms with Crippen LogP contribution in [0.3, 0.4) is 0 Å². The van der Waals surface area contributed by atoms with Gasteiger partial charge in [-0.15, -0.1) is 5.17 Å². The van der Waals surface area contributed by atoms with Crippen LogP contribution >= 0.6 is 0 Å². The Labute approximate surface area is 49.5 Å². The second-order valence-corrected chi connectivity index (χ2v) is 1.87. The summed E-state index contributed by atoms with van der Waals surface area (Å²) in [6, 6.07) is 0. The van der Waals surface area contributed by atoms with Crippen LogP contribution in [0.4, 0.5) is 0 Å². The monoisotopic (exact) mass is 116 g/mol. The van der Waals surface area contributed by atoms with Crippen molar-refractivity contribution in [3.63, 3.8) is 0 Å². The number of hydrogen-bond acceptors (Lipinski definition) is 3. The van der Waals surface area contributed by atoms with Crippen molar-refractivity contribution in [2.45, 2.75) is 13.8 Å². The zero-order chi connectivity index (χ0) is 6.57. The number of hydrazine groups is 1. The van der Waals surface area contributed by atoms with E-state index in [-0.39, 0.29) is 0 Å². The van der Waals surface area contributed by atoms with Gasteiger partial charge in [-0.3, -0.25) is 5.21 Å². The van der Waals surface area contributed by atoms with Gasteiger partial charge in [-0.25, -0.2) is 0 Å². The Morgan fingerprint density at radius 1 is 1.62 bits per heavy atom. The van der Waals surface area contributed by atoms with E-state index < -0.39 is 0 Å². The van der Waals surface area contributed by atoms with E-state index in [1.165, 1.54) is 7.05 Å². The fraction of sp³-hybridized carbons (Fsp3) is 0.600. The molecular weight excluding hydrogens is 104 g/mol. The van der Waals surface area contributed by atoms with Crippen LogP contribution in [-0.4, -0.2) is 17.4 Å². The summed E-state index contributed by atoms with van der Waals surface area (Å²) in [5.41, 5.74) is 3.69. The summed E-state index contributed by atoms with van der Waals surface area (Å²) in [5.74, 6) is 0. The van der Waals surface area contributed by atoms with E-state index >= 15 is 0 Å². The molecule has 0 aromatic carbocycles. The minimum Gasteiger partial charge on any atom is -0.304 e. The molecule has 48 valence electrons. The zero-order valence-corrected chi connectivity index (χ0v) is 5.47. The first-order valence-corrected chi connectivity index (χ1v) is 2.45. The van der Waals surface area contributed by atoms with Crippen molar-refractivity contribution < 1.29 is 5.21 Å². The van der Waals surface area contributed by atoms with Crippen LogP contribution in [-0.2, 0) is 0 Å². The fourth-order valence-corrected chi connectivity index (χ4v) is 0.223. The Balaban J connectivity index is 3.29. The smallest absolute Gasteiger partial charge is 0.0336 e. The fourth-order valence-electron chi connectivity index (χ4n) is 0.223. The highest BCUT2D eigenvalue weighted by Crippen LogP contribution is 1.82. The lowest BCUT2D eigenvalue weighted by Crippen LogP contribution is -2.25. The molecule has 0 aliphatic heterocycles. The van der Waals surface area contributed by atoms with Crippen molar-refractivity contribution in [2.75, 3.05) is 7.05 Å². The first-order valence-electron chi connectivity index (χ1n) is 2.45. The largest absolute Gasteiger partial charge is 0.304 e. The summed E-state index contributed by atoms with van der Waals surface area (Å²) in [6.45, 7) is 3.88. The molecule has 0 aromatic heterocycles.